The Kier molecular flexibility index (Phi) is 5.23. The highest BCUT2D eigenvalue weighted by Crippen LogP contribution is 2.26. The lowest BCUT2D eigenvalue weighted by Gasteiger charge is -2.15. The number of ether oxygens (including phenoxy) is 1. The zero-order valence-corrected chi connectivity index (χ0v) is 13.3. The van der Waals surface area contributed by atoms with E-state index in [0.717, 1.165) is 24.5 Å². The molecule has 0 bridgehead atoms. The van der Waals surface area contributed by atoms with Gasteiger partial charge in [-0.15, -0.1) is 0 Å². The molecule has 2 aromatic rings. The number of hydrogen-bond acceptors (Lipinski definition) is 3. The first-order valence-electron chi connectivity index (χ1n) is 7.19. The van der Waals surface area contributed by atoms with Gasteiger partial charge in [-0.25, -0.2) is 0 Å². The minimum absolute atomic E-state index is 0.794. The average molecular weight is 284 g/mol. The van der Waals surface area contributed by atoms with Crippen molar-refractivity contribution in [3.8, 4) is 5.75 Å². The van der Waals surface area contributed by atoms with Gasteiger partial charge in [0.05, 0.1) is 12.8 Å². The summed E-state index contributed by atoms with van der Waals surface area (Å²) in [7, 11) is 5.85. The summed E-state index contributed by atoms with van der Waals surface area (Å²) in [6.07, 6.45) is 0. The topological polar surface area (TPSA) is 24.5 Å². The quantitative estimate of drug-likeness (QED) is 0.876. The van der Waals surface area contributed by atoms with Crippen molar-refractivity contribution in [3.63, 3.8) is 0 Å². The molecule has 3 nitrogen and oxygen atoms in total. The molecule has 0 aliphatic carbocycles. The number of rotatable bonds is 6. The molecule has 0 fully saturated rings. The van der Waals surface area contributed by atoms with Gasteiger partial charge < -0.3 is 15.0 Å². The largest absolute Gasteiger partial charge is 0.495 e. The molecule has 0 heterocycles. The second-order valence-corrected chi connectivity index (χ2v) is 5.61. The van der Waals surface area contributed by atoms with Crippen LogP contribution in [0.25, 0.3) is 0 Å². The molecule has 0 atom stereocenters. The van der Waals surface area contributed by atoms with E-state index in [0.29, 0.717) is 0 Å². The van der Waals surface area contributed by atoms with Crippen LogP contribution in [0.15, 0.2) is 42.5 Å². The fourth-order valence-corrected chi connectivity index (χ4v) is 2.26. The van der Waals surface area contributed by atoms with Crippen LogP contribution in [0.1, 0.15) is 16.7 Å². The fourth-order valence-electron chi connectivity index (χ4n) is 2.26. The first-order chi connectivity index (χ1) is 10.1. The van der Waals surface area contributed by atoms with Gasteiger partial charge in [0.15, 0.2) is 0 Å². The highest BCUT2D eigenvalue weighted by molar-refractivity contribution is 5.58. The van der Waals surface area contributed by atoms with Crippen molar-refractivity contribution in [2.24, 2.45) is 0 Å². The Bertz CT molecular complexity index is 576. The van der Waals surface area contributed by atoms with Crippen LogP contribution >= 0.6 is 0 Å². The molecule has 3 heteroatoms. The third-order valence-corrected chi connectivity index (χ3v) is 3.37. The van der Waals surface area contributed by atoms with Crippen molar-refractivity contribution < 1.29 is 4.74 Å². The monoisotopic (exact) mass is 284 g/mol. The fraction of sp³-hybridized carbons (Fsp3) is 0.333. The molecule has 21 heavy (non-hydrogen) atoms. The minimum atomic E-state index is 0.794. The summed E-state index contributed by atoms with van der Waals surface area (Å²) in [6, 6.07) is 14.9. The first-order valence-corrected chi connectivity index (χ1v) is 7.19. The molecule has 112 valence electrons. The van der Waals surface area contributed by atoms with Gasteiger partial charge in [0.1, 0.15) is 5.75 Å². The van der Waals surface area contributed by atoms with Gasteiger partial charge in [-0.05, 0) is 44.3 Å². The molecule has 1 N–H and O–H groups in total. The van der Waals surface area contributed by atoms with E-state index in [1.807, 2.05) is 6.07 Å². The van der Waals surface area contributed by atoms with Crippen LogP contribution in [-0.4, -0.2) is 26.1 Å². The van der Waals surface area contributed by atoms with E-state index in [9.17, 15) is 0 Å². The van der Waals surface area contributed by atoms with Gasteiger partial charge in [0, 0.05) is 13.1 Å². The van der Waals surface area contributed by atoms with Gasteiger partial charge in [-0.1, -0.05) is 35.9 Å². The maximum atomic E-state index is 5.44. The molecular formula is C18H24N2O. The number of benzene rings is 2. The summed E-state index contributed by atoms with van der Waals surface area (Å²) < 4.78 is 5.44. The number of aryl methyl sites for hydroxylation is 1. The van der Waals surface area contributed by atoms with Crippen molar-refractivity contribution in [2.45, 2.75) is 20.0 Å². The lowest BCUT2D eigenvalue weighted by atomic mass is 10.1. The Hall–Kier alpha value is -2.00. The molecule has 0 saturated carbocycles. The Labute approximate surface area is 127 Å². The van der Waals surface area contributed by atoms with Gasteiger partial charge in [-0.2, -0.15) is 0 Å². The van der Waals surface area contributed by atoms with Crippen LogP contribution in [0.3, 0.4) is 0 Å². The van der Waals surface area contributed by atoms with Crippen LogP contribution in [-0.2, 0) is 13.1 Å². The molecule has 0 aromatic heterocycles. The predicted octanol–water partition coefficient (Wildman–Crippen LogP) is 3.68. The standard InChI is InChI=1S/C18H24N2O/c1-14-5-7-15(8-6-14)12-19-17-11-16(13-20(2)3)9-10-18(17)21-4/h5-11,19H,12-13H2,1-4H3. The SMILES string of the molecule is COc1ccc(CN(C)C)cc1NCc1ccc(C)cc1. The minimum Gasteiger partial charge on any atom is -0.495 e. The molecule has 2 aromatic carbocycles. The molecule has 0 amide bonds. The van der Waals surface area contributed by atoms with E-state index < -0.39 is 0 Å². The molecule has 0 spiro atoms. The van der Waals surface area contributed by atoms with Crippen LogP contribution in [0.2, 0.25) is 0 Å². The van der Waals surface area contributed by atoms with Crippen molar-refractivity contribution in [1.82, 2.24) is 4.90 Å². The van der Waals surface area contributed by atoms with Gasteiger partial charge >= 0.3 is 0 Å². The third kappa shape index (κ3) is 4.50. The molecule has 0 unspecified atom stereocenters. The maximum absolute atomic E-state index is 5.44. The zero-order chi connectivity index (χ0) is 15.2. The highest BCUT2D eigenvalue weighted by Gasteiger charge is 2.05. The van der Waals surface area contributed by atoms with E-state index in [4.69, 9.17) is 4.74 Å². The Morgan fingerprint density at radius 1 is 1.00 bits per heavy atom. The number of nitrogens with zero attached hydrogens (tertiary/aromatic N) is 1. The van der Waals surface area contributed by atoms with Crippen LogP contribution in [0.5, 0.6) is 5.75 Å². The molecular weight excluding hydrogens is 260 g/mol. The molecule has 0 radical (unpaired) electrons. The highest BCUT2D eigenvalue weighted by atomic mass is 16.5. The lowest BCUT2D eigenvalue weighted by molar-refractivity contribution is 0.400. The van der Waals surface area contributed by atoms with E-state index in [1.165, 1.54) is 16.7 Å². The number of methoxy groups -OCH3 is 1. The normalized spacial score (nSPS) is 10.7. The molecule has 0 aliphatic rings. The van der Waals surface area contributed by atoms with Gasteiger partial charge in [-0.3, -0.25) is 0 Å². The van der Waals surface area contributed by atoms with E-state index >= 15 is 0 Å². The van der Waals surface area contributed by atoms with Crippen LogP contribution in [0, 0.1) is 6.92 Å². The van der Waals surface area contributed by atoms with Crippen molar-refractivity contribution in [1.29, 1.82) is 0 Å². The van der Waals surface area contributed by atoms with Gasteiger partial charge in [0.2, 0.25) is 0 Å². The second-order valence-electron chi connectivity index (χ2n) is 5.61. The second kappa shape index (κ2) is 7.14. The Balaban J connectivity index is 2.11. The van der Waals surface area contributed by atoms with Crippen molar-refractivity contribution in [3.05, 3.63) is 59.2 Å². The van der Waals surface area contributed by atoms with Crippen LogP contribution in [0.4, 0.5) is 5.69 Å². The summed E-state index contributed by atoms with van der Waals surface area (Å²) in [6.45, 7) is 3.82. The number of nitrogens with one attached hydrogen (secondary N) is 1. The maximum Gasteiger partial charge on any atom is 0.141 e. The molecule has 0 saturated heterocycles. The summed E-state index contributed by atoms with van der Waals surface area (Å²) in [5, 5.41) is 3.47. The Morgan fingerprint density at radius 2 is 1.67 bits per heavy atom. The smallest absolute Gasteiger partial charge is 0.141 e. The van der Waals surface area contributed by atoms with E-state index in [2.05, 4.69) is 67.6 Å². The van der Waals surface area contributed by atoms with Crippen molar-refractivity contribution >= 4 is 5.69 Å². The summed E-state index contributed by atoms with van der Waals surface area (Å²) in [5.74, 6) is 0.879. The number of anilines is 1. The molecule has 2 rings (SSSR count). The predicted molar refractivity (Wildman–Crippen MR) is 88.9 cm³/mol. The van der Waals surface area contributed by atoms with E-state index in [-0.39, 0.29) is 0 Å². The summed E-state index contributed by atoms with van der Waals surface area (Å²) in [4.78, 5) is 2.16. The third-order valence-electron chi connectivity index (χ3n) is 3.37. The van der Waals surface area contributed by atoms with Crippen molar-refractivity contribution in [2.75, 3.05) is 26.5 Å². The average Bonchev–Trinajstić information content (AvgIpc) is 2.46. The lowest BCUT2D eigenvalue weighted by Crippen LogP contribution is -2.11. The summed E-state index contributed by atoms with van der Waals surface area (Å²) >= 11 is 0. The molecule has 0 aliphatic heterocycles. The number of hydrogen-bond donors (Lipinski definition) is 1. The first kappa shape index (κ1) is 15.4. The zero-order valence-electron chi connectivity index (χ0n) is 13.3. The Morgan fingerprint density at radius 3 is 2.29 bits per heavy atom. The van der Waals surface area contributed by atoms with Crippen LogP contribution < -0.4 is 10.1 Å². The van der Waals surface area contributed by atoms with Gasteiger partial charge in [0.25, 0.3) is 0 Å². The van der Waals surface area contributed by atoms with E-state index in [1.54, 1.807) is 7.11 Å². The summed E-state index contributed by atoms with van der Waals surface area (Å²) in [5.41, 5.74) is 4.86.